The summed E-state index contributed by atoms with van der Waals surface area (Å²) in [7, 11) is 1.63. The van der Waals surface area contributed by atoms with Crippen LogP contribution in [0.1, 0.15) is 29.7 Å². The van der Waals surface area contributed by atoms with Gasteiger partial charge in [-0.05, 0) is 56.2 Å². The summed E-state index contributed by atoms with van der Waals surface area (Å²) < 4.78 is 11.5. The molecule has 0 aliphatic rings. The monoisotopic (exact) mass is 305 g/mol. The Kier molecular flexibility index (Phi) is 4.76. The van der Waals surface area contributed by atoms with Gasteiger partial charge in [-0.2, -0.15) is 0 Å². The minimum absolute atomic E-state index is 0.191. The maximum Gasteiger partial charge on any atom is 0.135 e. The van der Waals surface area contributed by atoms with E-state index < -0.39 is 0 Å². The lowest BCUT2D eigenvalue weighted by atomic mass is 10.1. The molecule has 0 heterocycles. The molecule has 0 aromatic heterocycles. The van der Waals surface area contributed by atoms with E-state index in [4.69, 9.17) is 26.8 Å². The van der Waals surface area contributed by atoms with E-state index in [1.165, 1.54) is 0 Å². The molecule has 0 aliphatic carbocycles. The van der Waals surface area contributed by atoms with Crippen LogP contribution in [0.25, 0.3) is 0 Å². The third-order valence-electron chi connectivity index (χ3n) is 3.34. The van der Waals surface area contributed by atoms with Crippen LogP contribution in [0, 0.1) is 13.8 Å². The van der Waals surface area contributed by atoms with Crippen molar-refractivity contribution in [3.8, 4) is 17.2 Å². The Morgan fingerprint density at radius 2 is 1.67 bits per heavy atom. The Hall–Kier alpha value is -1.71. The van der Waals surface area contributed by atoms with Crippen molar-refractivity contribution in [3.05, 3.63) is 52.0 Å². The largest absolute Gasteiger partial charge is 0.496 e. The molecule has 0 bridgehead atoms. The molecule has 2 aromatic carbocycles. The lowest BCUT2D eigenvalue weighted by molar-refractivity contribution is 0.397. The highest BCUT2D eigenvalue weighted by molar-refractivity contribution is 6.30. The molecule has 2 aromatic rings. The summed E-state index contributed by atoms with van der Waals surface area (Å²) >= 11 is 6.06. The number of ether oxygens (including phenoxy) is 2. The number of methoxy groups -OCH3 is 1. The van der Waals surface area contributed by atoms with Crippen LogP contribution in [0.4, 0.5) is 0 Å². The lowest BCUT2D eigenvalue weighted by Gasteiger charge is -2.19. The van der Waals surface area contributed by atoms with E-state index >= 15 is 0 Å². The molecular weight excluding hydrogens is 286 g/mol. The molecule has 0 spiro atoms. The average Bonchev–Trinajstić information content (AvgIpc) is 2.42. The van der Waals surface area contributed by atoms with E-state index in [9.17, 15) is 0 Å². The van der Waals surface area contributed by atoms with Crippen LogP contribution in [0.15, 0.2) is 30.3 Å². The van der Waals surface area contributed by atoms with Crippen LogP contribution in [-0.4, -0.2) is 7.11 Å². The molecule has 0 saturated carbocycles. The number of benzene rings is 2. The second-order valence-electron chi connectivity index (χ2n) is 5.13. The van der Waals surface area contributed by atoms with Gasteiger partial charge in [-0.25, -0.2) is 0 Å². The Morgan fingerprint density at radius 1 is 1.10 bits per heavy atom. The van der Waals surface area contributed by atoms with Crippen molar-refractivity contribution in [1.82, 2.24) is 0 Å². The maximum absolute atomic E-state index is 6.11. The van der Waals surface area contributed by atoms with Crippen LogP contribution < -0.4 is 15.2 Å². The first-order valence-corrected chi connectivity index (χ1v) is 7.19. The van der Waals surface area contributed by atoms with E-state index in [2.05, 4.69) is 0 Å². The van der Waals surface area contributed by atoms with Gasteiger partial charge in [-0.1, -0.05) is 17.7 Å². The number of halogens is 1. The fraction of sp³-hybridized carbons (Fsp3) is 0.294. The fourth-order valence-electron chi connectivity index (χ4n) is 2.41. The smallest absolute Gasteiger partial charge is 0.135 e. The molecule has 0 radical (unpaired) electrons. The summed E-state index contributed by atoms with van der Waals surface area (Å²) in [5.74, 6) is 2.24. The fourth-order valence-corrected chi connectivity index (χ4v) is 2.74. The average molecular weight is 306 g/mol. The predicted molar refractivity (Wildman–Crippen MR) is 86.6 cm³/mol. The van der Waals surface area contributed by atoms with Gasteiger partial charge in [0, 0.05) is 11.1 Å². The summed E-state index contributed by atoms with van der Waals surface area (Å²) in [6.45, 7) is 5.85. The van der Waals surface area contributed by atoms with Crippen LogP contribution in [0.2, 0.25) is 5.02 Å². The molecule has 0 amide bonds. The quantitative estimate of drug-likeness (QED) is 0.884. The van der Waals surface area contributed by atoms with Gasteiger partial charge in [0.25, 0.3) is 0 Å². The van der Waals surface area contributed by atoms with Crippen LogP contribution in [0.5, 0.6) is 17.2 Å². The van der Waals surface area contributed by atoms with Crippen molar-refractivity contribution < 1.29 is 9.47 Å². The van der Waals surface area contributed by atoms with E-state index in [1.807, 2.05) is 51.1 Å². The normalized spacial score (nSPS) is 12.1. The molecule has 1 atom stereocenters. The zero-order valence-corrected chi connectivity index (χ0v) is 13.5. The molecule has 4 heteroatoms. The van der Waals surface area contributed by atoms with E-state index in [-0.39, 0.29) is 6.04 Å². The Labute approximate surface area is 130 Å². The highest BCUT2D eigenvalue weighted by atomic mass is 35.5. The van der Waals surface area contributed by atoms with E-state index in [0.717, 1.165) is 28.2 Å². The highest BCUT2D eigenvalue weighted by Crippen LogP contribution is 2.38. The summed E-state index contributed by atoms with van der Waals surface area (Å²) in [5, 5.41) is 0.704. The second-order valence-corrected chi connectivity index (χ2v) is 5.57. The third kappa shape index (κ3) is 3.31. The van der Waals surface area contributed by atoms with Gasteiger partial charge in [0.15, 0.2) is 0 Å². The van der Waals surface area contributed by atoms with Gasteiger partial charge < -0.3 is 15.2 Å². The van der Waals surface area contributed by atoms with Crippen molar-refractivity contribution >= 4 is 11.6 Å². The molecule has 2 N–H and O–H groups in total. The Bertz CT molecular complexity index is 630. The van der Waals surface area contributed by atoms with Gasteiger partial charge in [0.05, 0.1) is 12.7 Å². The minimum atomic E-state index is -0.191. The van der Waals surface area contributed by atoms with Crippen molar-refractivity contribution in [2.45, 2.75) is 26.8 Å². The summed E-state index contributed by atoms with van der Waals surface area (Å²) in [5.41, 5.74) is 8.89. The molecule has 0 fully saturated rings. The molecule has 112 valence electrons. The molecule has 0 aliphatic heterocycles. The SMILES string of the molecule is COc1cccc(Oc2c(C)cc(Cl)cc2C)c1[C@H](C)N. The van der Waals surface area contributed by atoms with E-state index in [1.54, 1.807) is 7.11 Å². The molecule has 21 heavy (non-hydrogen) atoms. The molecule has 2 rings (SSSR count). The van der Waals surface area contributed by atoms with Crippen molar-refractivity contribution in [1.29, 1.82) is 0 Å². The first-order chi connectivity index (χ1) is 9.93. The van der Waals surface area contributed by atoms with Gasteiger partial charge >= 0.3 is 0 Å². The van der Waals surface area contributed by atoms with Gasteiger partial charge in [-0.15, -0.1) is 0 Å². The van der Waals surface area contributed by atoms with Crippen molar-refractivity contribution in [2.75, 3.05) is 7.11 Å². The Morgan fingerprint density at radius 3 is 2.19 bits per heavy atom. The number of aryl methyl sites for hydroxylation is 2. The van der Waals surface area contributed by atoms with Gasteiger partial charge in [0.2, 0.25) is 0 Å². The van der Waals surface area contributed by atoms with Crippen LogP contribution in [0.3, 0.4) is 0 Å². The highest BCUT2D eigenvalue weighted by Gasteiger charge is 2.16. The standard InChI is InChI=1S/C17H20ClNO2/c1-10-8-13(18)9-11(2)17(10)21-15-7-5-6-14(20-4)16(15)12(3)19/h5-9,12H,19H2,1-4H3/t12-/m0/s1. The van der Waals surface area contributed by atoms with Gasteiger partial charge in [-0.3, -0.25) is 0 Å². The van der Waals surface area contributed by atoms with Crippen LogP contribution in [-0.2, 0) is 0 Å². The van der Waals surface area contributed by atoms with Crippen molar-refractivity contribution in [3.63, 3.8) is 0 Å². The first-order valence-electron chi connectivity index (χ1n) is 6.81. The second kappa shape index (κ2) is 6.37. The number of nitrogens with two attached hydrogens (primary N) is 1. The zero-order chi connectivity index (χ0) is 15.6. The number of rotatable bonds is 4. The van der Waals surface area contributed by atoms with Crippen LogP contribution >= 0.6 is 11.6 Å². The lowest BCUT2D eigenvalue weighted by Crippen LogP contribution is -2.09. The van der Waals surface area contributed by atoms with E-state index in [0.29, 0.717) is 10.8 Å². The Balaban J connectivity index is 2.50. The molecular formula is C17H20ClNO2. The topological polar surface area (TPSA) is 44.5 Å². The zero-order valence-electron chi connectivity index (χ0n) is 12.7. The van der Waals surface area contributed by atoms with Crippen molar-refractivity contribution in [2.24, 2.45) is 5.73 Å². The number of hydrogen-bond donors (Lipinski definition) is 1. The summed E-state index contributed by atoms with van der Waals surface area (Å²) in [6, 6.07) is 9.25. The molecule has 3 nitrogen and oxygen atoms in total. The van der Waals surface area contributed by atoms with Gasteiger partial charge in [0.1, 0.15) is 17.2 Å². The first kappa shape index (κ1) is 15.7. The predicted octanol–water partition coefficient (Wildman–Crippen LogP) is 4.78. The maximum atomic E-state index is 6.11. The number of hydrogen-bond acceptors (Lipinski definition) is 3. The minimum Gasteiger partial charge on any atom is -0.496 e. The molecule has 0 saturated heterocycles. The third-order valence-corrected chi connectivity index (χ3v) is 3.56. The summed E-state index contributed by atoms with van der Waals surface area (Å²) in [6.07, 6.45) is 0. The summed E-state index contributed by atoms with van der Waals surface area (Å²) in [4.78, 5) is 0. The molecule has 0 unspecified atom stereocenters.